The molecule has 4 aliphatic rings. The molecule has 1 N–H and O–H groups in total. The molecule has 31 heavy (non-hydrogen) atoms. The zero-order valence-electron chi connectivity index (χ0n) is 17.7. The van der Waals surface area contributed by atoms with Gasteiger partial charge in [0.1, 0.15) is 5.54 Å². The van der Waals surface area contributed by atoms with Crippen LogP contribution in [0.25, 0.3) is 0 Å². The van der Waals surface area contributed by atoms with E-state index in [2.05, 4.69) is 17.4 Å². The Bertz CT molecular complexity index is 857. The van der Waals surface area contributed by atoms with Gasteiger partial charge < -0.3 is 19.7 Å². The van der Waals surface area contributed by atoms with Crippen LogP contribution in [0.4, 0.5) is 4.79 Å². The Hall–Kier alpha value is -2.45. The summed E-state index contributed by atoms with van der Waals surface area (Å²) in [6, 6.07) is 9.74. The van der Waals surface area contributed by atoms with E-state index < -0.39 is 11.3 Å². The summed E-state index contributed by atoms with van der Waals surface area (Å²) in [7, 11) is 0. The molecule has 2 spiro atoms. The Morgan fingerprint density at radius 2 is 1.71 bits per heavy atom. The van der Waals surface area contributed by atoms with Crippen molar-refractivity contribution in [3.8, 4) is 0 Å². The Labute approximate surface area is 181 Å². The third kappa shape index (κ3) is 3.83. The van der Waals surface area contributed by atoms with Gasteiger partial charge in [0.15, 0.2) is 5.79 Å². The summed E-state index contributed by atoms with van der Waals surface area (Å²) >= 11 is 0. The predicted octanol–water partition coefficient (Wildman–Crippen LogP) is 1.69. The maximum Gasteiger partial charge on any atom is 0.325 e. The van der Waals surface area contributed by atoms with E-state index in [1.165, 1.54) is 10.5 Å². The standard InChI is InChI=1S/C23H29N3O5/c27-19-14-18(15-25(19)11-6-17-4-2-1-3-5-17)16-26-20(28)22(24-21(26)29)7-9-23(10-8-22)30-12-13-31-23/h1-5,18H,6-16H2,(H,24,29). The number of nitrogens with zero attached hydrogens (tertiary/aromatic N) is 2. The number of nitrogens with one attached hydrogen (secondary N) is 1. The van der Waals surface area contributed by atoms with Crippen molar-refractivity contribution in [3.05, 3.63) is 35.9 Å². The minimum absolute atomic E-state index is 0.0236. The smallest absolute Gasteiger partial charge is 0.325 e. The molecule has 1 aromatic carbocycles. The Balaban J connectivity index is 1.17. The van der Waals surface area contributed by atoms with Crippen molar-refractivity contribution in [1.82, 2.24) is 15.1 Å². The molecule has 3 heterocycles. The minimum atomic E-state index is -0.854. The van der Waals surface area contributed by atoms with Crippen LogP contribution in [0.5, 0.6) is 0 Å². The second-order valence-electron chi connectivity index (χ2n) is 9.18. The van der Waals surface area contributed by atoms with Crippen LogP contribution in [0.15, 0.2) is 30.3 Å². The zero-order valence-corrected chi connectivity index (χ0v) is 17.7. The van der Waals surface area contributed by atoms with E-state index >= 15 is 0 Å². The first kappa shape index (κ1) is 20.5. The lowest BCUT2D eigenvalue weighted by molar-refractivity contribution is -0.186. The Kier molecular flexibility index (Phi) is 5.22. The molecule has 1 saturated carbocycles. The van der Waals surface area contributed by atoms with Gasteiger partial charge in [0.2, 0.25) is 5.91 Å². The monoisotopic (exact) mass is 427 g/mol. The average molecular weight is 428 g/mol. The number of hydrogen-bond donors (Lipinski definition) is 1. The minimum Gasteiger partial charge on any atom is -0.348 e. The first-order chi connectivity index (χ1) is 15.0. The van der Waals surface area contributed by atoms with Crippen LogP contribution >= 0.6 is 0 Å². The van der Waals surface area contributed by atoms with E-state index in [-0.39, 0.29) is 30.3 Å². The molecule has 1 aromatic rings. The summed E-state index contributed by atoms with van der Waals surface area (Å²) in [5.74, 6) is -0.677. The van der Waals surface area contributed by atoms with Crippen molar-refractivity contribution >= 4 is 17.8 Å². The van der Waals surface area contributed by atoms with Crippen LogP contribution in [0.1, 0.15) is 37.7 Å². The molecule has 0 radical (unpaired) electrons. The van der Waals surface area contributed by atoms with Gasteiger partial charge in [-0.2, -0.15) is 0 Å². The SMILES string of the molecule is O=C1CC(CN2C(=O)NC3(CCC4(CC3)OCCO4)C2=O)CN1CCc1ccccc1. The molecule has 1 aliphatic carbocycles. The van der Waals surface area contributed by atoms with E-state index in [4.69, 9.17) is 9.47 Å². The first-order valence-electron chi connectivity index (χ1n) is 11.2. The third-order valence-corrected chi connectivity index (χ3v) is 7.17. The number of likely N-dealkylation sites (tertiary alicyclic amines) is 1. The van der Waals surface area contributed by atoms with Crippen LogP contribution in [-0.2, 0) is 25.5 Å². The van der Waals surface area contributed by atoms with E-state index in [0.717, 1.165) is 6.42 Å². The summed E-state index contributed by atoms with van der Waals surface area (Å²) in [5.41, 5.74) is 0.341. The summed E-state index contributed by atoms with van der Waals surface area (Å²) in [4.78, 5) is 41.5. The number of rotatable bonds is 5. The van der Waals surface area contributed by atoms with Crippen LogP contribution in [0.2, 0.25) is 0 Å². The molecule has 8 nitrogen and oxygen atoms in total. The second kappa shape index (κ2) is 7.91. The predicted molar refractivity (Wildman–Crippen MR) is 111 cm³/mol. The van der Waals surface area contributed by atoms with Crippen molar-refractivity contribution < 1.29 is 23.9 Å². The average Bonchev–Trinajstić information content (AvgIpc) is 3.44. The molecule has 0 bridgehead atoms. The lowest BCUT2D eigenvalue weighted by Gasteiger charge is -2.39. The summed E-state index contributed by atoms with van der Waals surface area (Å²) in [6.45, 7) is 2.69. The summed E-state index contributed by atoms with van der Waals surface area (Å²) < 4.78 is 11.5. The lowest BCUT2D eigenvalue weighted by atomic mass is 9.78. The molecule has 3 saturated heterocycles. The second-order valence-corrected chi connectivity index (χ2v) is 9.18. The van der Waals surface area contributed by atoms with Gasteiger partial charge in [0.05, 0.1) is 13.2 Å². The van der Waals surface area contributed by atoms with Gasteiger partial charge in [0.25, 0.3) is 5.91 Å². The molecular formula is C23H29N3O5. The molecule has 166 valence electrons. The number of amides is 4. The normalized spacial score (nSPS) is 27.0. The summed E-state index contributed by atoms with van der Waals surface area (Å²) in [5, 5.41) is 2.95. The number of hydrogen-bond acceptors (Lipinski definition) is 5. The number of carbonyl (C=O) groups excluding carboxylic acids is 3. The van der Waals surface area contributed by atoms with Gasteiger partial charge in [0, 0.05) is 44.8 Å². The molecule has 0 aromatic heterocycles. The fourth-order valence-electron chi connectivity index (χ4n) is 5.38. The fraction of sp³-hybridized carbons (Fsp3) is 0.609. The maximum atomic E-state index is 13.2. The highest BCUT2D eigenvalue weighted by Gasteiger charge is 2.56. The largest absolute Gasteiger partial charge is 0.348 e. The van der Waals surface area contributed by atoms with Gasteiger partial charge >= 0.3 is 6.03 Å². The van der Waals surface area contributed by atoms with Crippen molar-refractivity contribution in [1.29, 1.82) is 0 Å². The van der Waals surface area contributed by atoms with Crippen molar-refractivity contribution in [2.75, 3.05) is 32.8 Å². The third-order valence-electron chi connectivity index (χ3n) is 7.17. The number of ether oxygens (including phenoxy) is 2. The highest BCUT2D eigenvalue weighted by molar-refractivity contribution is 6.07. The first-order valence-corrected chi connectivity index (χ1v) is 11.2. The molecule has 1 atom stereocenters. The molecule has 1 unspecified atom stereocenters. The molecule has 4 amide bonds. The molecule has 3 aliphatic heterocycles. The van der Waals surface area contributed by atoms with Gasteiger partial charge in [-0.25, -0.2) is 4.79 Å². The van der Waals surface area contributed by atoms with Crippen LogP contribution in [-0.4, -0.2) is 71.8 Å². The van der Waals surface area contributed by atoms with Crippen molar-refractivity contribution in [2.45, 2.75) is 49.9 Å². The van der Waals surface area contributed by atoms with E-state index in [1.807, 2.05) is 23.1 Å². The quantitative estimate of drug-likeness (QED) is 0.723. The number of carbonyl (C=O) groups is 3. The highest BCUT2D eigenvalue weighted by Crippen LogP contribution is 2.42. The van der Waals surface area contributed by atoms with Gasteiger partial charge in [-0.15, -0.1) is 0 Å². The van der Waals surface area contributed by atoms with Crippen LogP contribution in [0.3, 0.4) is 0 Å². The van der Waals surface area contributed by atoms with Gasteiger partial charge in [-0.05, 0) is 24.8 Å². The molecule has 4 fully saturated rings. The van der Waals surface area contributed by atoms with Crippen molar-refractivity contribution in [3.63, 3.8) is 0 Å². The van der Waals surface area contributed by atoms with Gasteiger partial charge in [-0.1, -0.05) is 30.3 Å². The number of urea groups is 1. The van der Waals surface area contributed by atoms with E-state index in [1.54, 1.807) is 0 Å². The Morgan fingerprint density at radius 3 is 2.42 bits per heavy atom. The fourth-order valence-corrected chi connectivity index (χ4v) is 5.38. The van der Waals surface area contributed by atoms with Crippen LogP contribution in [0, 0.1) is 5.92 Å². The van der Waals surface area contributed by atoms with E-state index in [0.29, 0.717) is 58.4 Å². The van der Waals surface area contributed by atoms with Gasteiger partial charge in [-0.3, -0.25) is 14.5 Å². The summed E-state index contributed by atoms with van der Waals surface area (Å²) in [6.07, 6.45) is 3.41. The molecular weight excluding hydrogens is 398 g/mol. The van der Waals surface area contributed by atoms with Crippen LogP contribution < -0.4 is 5.32 Å². The maximum absolute atomic E-state index is 13.2. The molecule has 5 rings (SSSR count). The number of imide groups is 1. The number of benzene rings is 1. The molecule has 8 heteroatoms. The Morgan fingerprint density at radius 1 is 1.00 bits per heavy atom. The van der Waals surface area contributed by atoms with E-state index in [9.17, 15) is 14.4 Å². The lowest BCUT2D eigenvalue weighted by Crippen LogP contribution is -2.53. The topological polar surface area (TPSA) is 88.2 Å². The zero-order chi connectivity index (χ0) is 21.5. The van der Waals surface area contributed by atoms with Crippen molar-refractivity contribution in [2.24, 2.45) is 5.92 Å². The highest BCUT2D eigenvalue weighted by atomic mass is 16.7.